The van der Waals surface area contributed by atoms with E-state index in [1.165, 1.54) is 11.3 Å². The van der Waals surface area contributed by atoms with Crippen molar-refractivity contribution in [1.29, 1.82) is 0 Å². The highest BCUT2D eigenvalue weighted by Gasteiger charge is 2.19. The fourth-order valence-corrected chi connectivity index (χ4v) is 3.09. The zero-order chi connectivity index (χ0) is 14.8. The molecule has 7 heteroatoms. The van der Waals surface area contributed by atoms with Crippen molar-refractivity contribution in [2.45, 2.75) is 13.2 Å². The van der Waals surface area contributed by atoms with E-state index in [1.807, 2.05) is 24.3 Å². The van der Waals surface area contributed by atoms with Crippen LogP contribution in [0.4, 0.5) is 0 Å². The summed E-state index contributed by atoms with van der Waals surface area (Å²) < 4.78 is 12.1. The number of ether oxygens (including phenoxy) is 2. The van der Waals surface area contributed by atoms with E-state index in [-0.39, 0.29) is 6.61 Å². The number of rotatable bonds is 5. The van der Waals surface area contributed by atoms with Crippen LogP contribution in [-0.2, 0) is 18.0 Å². The average Bonchev–Trinajstić information content (AvgIpc) is 3.04. The van der Waals surface area contributed by atoms with E-state index < -0.39 is 0 Å². The number of para-hydroxylation sites is 1. The van der Waals surface area contributed by atoms with Crippen LogP contribution in [0.15, 0.2) is 24.3 Å². The second-order valence-electron chi connectivity index (χ2n) is 4.39. The molecule has 0 aliphatic carbocycles. The molecule has 0 aliphatic heterocycles. The van der Waals surface area contributed by atoms with Gasteiger partial charge in [0.2, 0.25) is 4.96 Å². The molecule has 2 aromatic heterocycles. The van der Waals surface area contributed by atoms with Gasteiger partial charge in [0.15, 0.2) is 0 Å². The number of benzene rings is 1. The first-order valence-electron chi connectivity index (χ1n) is 6.39. The summed E-state index contributed by atoms with van der Waals surface area (Å²) in [6, 6.07) is 7.60. The molecule has 0 spiro atoms. The van der Waals surface area contributed by atoms with Gasteiger partial charge in [0, 0.05) is 12.7 Å². The van der Waals surface area contributed by atoms with Gasteiger partial charge in [-0.1, -0.05) is 23.5 Å². The van der Waals surface area contributed by atoms with Crippen LogP contribution >= 0.6 is 11.3 Å². The van der Waals surface area contributed by atoms with Crippen molar-refractivity contribution in [3.05, 3.63) is 35.0 Å². The fraction of sp³-hybridized carbons (Fsp3) is 0.286. The summed E-state index contributed by atoms with van der Waals surface area (Å²) in [6.07, 6.45) is 0. The van der Waals surface area contributed by atoms with Crippen molar-refractivity contribution in [2.24, 2.45) is 0 Å². The van der Waals surface area contributed by atoms with Crippen LogP contribution in [0.2, 0.25) is 0 Å². The Morgan fingerprint density at radius 3 is 2.81 bits per heavy atom. The van der Waals surface area contributed by atoms with Gasteiger partial charge in [0.25, 0.3) is 0 Å². The molecule has 0 bridgehead atoms. The number of hydrogen-bond acceptors (Lipinski definition) is 6. The van der Waals surface area contributed by atoms with Crippen molar-refractivity contribution >= 4 is 16.3 Å². The van der Waals surface area contributed by atoms with Crippen LogP contribution < -0.4 is 4.74 Å². The highest BCUT2D eigenvalue weighted by Crippen LogP contribution is 2.33. The smallest absolute Gasteiger partial charge is 0.213 e. The number of hydrogen-bond donors (Lipinski definition) is 1. The van der Waals surface area contributed by atoms with Crippen molar-refractivity contribution in [3.8, 4) is 17.0 Å². The molecule has 0 radical (unpaired) electrons. The van der Waals surface area contributed by atoms with E-state index in [0.29, 0.717) is 18.0 Å². The van der Waals surface area contributed by atoms with E-state index in [9.17, 15) is 5.11 Å². The monoisotopic (exact) mass is 305 g/mol. The molecular formula is C14H15N3O3S. The topological polar surface area (TPSA) is 68.9 Å². The highest BCUT2D eigenvalue weighted by atomic mass is 32.1. The Morgan fingerprint density at radius 1 is 1.29 bits per heavy atom. The van der Waals surface area contributed by atoms with Gasteiger partial charge in [0.05, 0.1) is 26.0 Å². The number of nitrogens with zero attached hydrogens (tertiary/aromatic N) is 3. The molecule has 0 fully saturated rings. The molecule has 0 amide bonds. The van der Waals surface area contributed by atoms with Crippen LogP contribution in [0.25, 0.3) is 16.2 Å². The Kier molecular flexibility index (Phi) is 3.87. The van der Waals surface area contributed by atoms with Crippen molar-refractivity contribution in [2.75, 3.05) is 14.2 Å². The maximum Gasteiger partial charge on any atom is 0.213 e. The molecule has 1 N–H and O–H groups in total. The van der Waals surface area contributed by atoms with Crippen LogP contribution in [-0.4, -0.2) is 33.9 Å². The first kappa shape index (κ1) is 14.0. The minimum Gasteiger partial charge on any atom is -0.496 e. The maximum absolute atomic E-state index is 9.70. The predicted molar refractivity (Wildman–Crippen MR) is 79.5 cm³/mol. The normalized spacial score (nSPS) is 11.2. The number of fused-ring (bicyclic) bond motifs is 1. The molecule has 6 nitrogen and oxygen atoms in total. The molecule has 3 aromatic rings. The van der Waals surface area contributed by atoms with Crippen LogP contribution in [0.1, 0.15) is 10.7 Å². The molecule has 0 unspecified atom stereocenters. The maximum atomic E-state index is 9.70. The lowest BCUT2D eigenvalue weighted by atomic mass is 10.1. The van der Waals surface area contributed by atoms with Gasteiger partial charge >= 0.3 is 0 Å². The van der Waals surface area contributed by atoms with Crippen molar-refractivity contribution in [1.82, 2.24) is 14.6 Å². The van der Waals surface area contributed by atoms with Gasteiger partial charge in [-0.2, -0.15) is 5.10 Å². The first-order valence-corrected chi connectivity index (χ1v) is 7.20. The Bertz CT molecular complexity index is 766. The minimum atomic E-state index is -0.148. The number of methoxy groups -OCH3 is 2. The summed E-state index contributed by atoms with van der Waals surface area (Å²) in [7, 11) is 3.24. The van der Waals surface area contributed by atoms with Gasteiger partial charge in [-0.05, 0) is 12.1 Å². The van der Waals surface area contributed by atoms with E-state index in [0.717, 1.165) is 21.3 Å². The molecule has 2 heterocycles. The third kappa shape index (κ3) is 2.39. The largest absolute Gasteiger partial charge is 0.496 e. The van der Waals surface area contributed by atoms with Gasteiger partial charge in [0.1, 0.15) is 16.5 Å². The molecule has 0 atom stereocenters. The lowest BCUT2D eigenvalue weighted by Crippen LogP contribution is -1.98. The quantitative estimate of drug-likeness (QED) is 0.782. The number of aliphatic hydroxyl groups excluding tert-OH is 1. The van der Waals surface area contributed by atoms with E-state index in [4.69, 9.17) is 9.47 Å². The zero-order valence-corrected chi connectivity index (χ0v) is 12.6. The zero-order valence-electron chi connectivity index (χ0n) is 11.7. The average molecular weight is 305 g/mol. The summed E-state index contributed by atoms with van der Waals surface area (Å²) in [5, 5.41) is 14.9. The first-order chi connectivity index (χ1) is 10.3. The molecule has 0 saturated carbocycles. The minimum absolute atomic E-state index is 0.148. The highest BCUT2D eigenvalue weighted by molar-refractivity contribution is 7.16. The van der Waals surface area contributed by atoms with Gasteiger partial charge in [-0.25, -0.2) is 9.50 Å². The lowest BCUT2D eigenvalue weighted by molar-refractivity contribution is 0.183. The van der Waals surface area contributed by atoms with E-state index >= 15 is 0 Å². The molecule has 0 aliphatic rings. The summed E-state index contributed by atoms with van der Waals surface area (Å²) in [5.41, 5.74) is 2.18. The van der Waals surface area contributed by atoms with Gasteiger partial charge in [-0.3, -0.25) is 0 Å². The Morgan fingerprint density at radius 2 is 2.10 bits per heavy atom. The summed E-state index contributed by atoms with van der Waals surface area (Å²) in [6.45, 7) is 0.285. The standard InChI is InChI=1S/C14H15N3O3S/c1-19-8-12-16-17-10(7-18)13(15-14(17)21-12)9-5-3-4-6-11(9)20-2/h3-6,18H,7-8H2,1-2H3. The van der Waals surface area contributed by atoms with Crippen LogP contribution in [0.5, 0.6) is 5.75 Å². The fourth-order valence-electron chi connectivity index (χ4n) is 2.21. The molecule has 0 saturated heterocycles. The van der Waals surface area contributed by atoms with Crippen molar-refractivity contribution in [3.63, 3.8) is 0 Å². The number of imidazole rings is 1. The second kappa shape index (κ2) is 5.80. The lowest BCUT2D eigenvalue weighted by Gasteiger charge is -2.07. The summed E-state index contributed by atoms with van der Waals surface area (Å²) >= 11 is 1.44. The van der Waals surface area contributed by atoms with Gasteiger partial charge < -0.3 is 14.6 Å². The van der Waals surface area contributed by atoms with E-state index in [1.54, 1.807) is 18.7 Å². The molecule has 21 heavy (non-hydrogen) atoms. The molecule has 110 valence electrons. The van der Waals surface area contributed by atoms with E-state index in [2.05, 4.69) is 10.1 Å². The third-order valence-electron chi connectivity index (χ3n) is 3.12. The van der Waals surface area contributed by atoms with Crippen LogP contribution in [0, 0.1) is 0 Å². The van der Waals surface area contributed by atoms with Crippen LogP contribution in [0.3, 0.4) is 0 Å². The number of aliphatic hydroxyl groups is 1. The third-order valence-corrected chi connectivity index (χ3v) is 4.00. The SMILES string of the molecule is COCc1nn2c(CO)c(-c3ccccc3OC)nc2s1. The van der Waals surface area contributed by atoms with Gasteiger partial charge in [-0.15, -0.1) is 0 Å². The molecule has 1 aromatic carbocycles. The summed E-state index contributed by atoms with van der Waals surface area (Å²) in [5.74, 6) is 0.718. The molecular weight excluding hydrogens is 290 g/mol. The van der Waals surface area contributed by atoms with Crippen molar-refractivity contribution < 1.29 is 14.6 Å². The second-order valence-corrected chi connectivity index (χ2v) is 5.43. The Hall–Kier alpha value is -1.96. The Balaban J connectivity index is 2.16. The number of aromatic nitrogens is 3. The molecule has 3 rings (SSSR count). The Labute approximate surface area is 125 Å². The summed E-state index contributed by atoms with van der Waals surface area (Å²) in [4.78, 5) is 5.32. The predicted octanol–water partition coefficient (Wildman–Crippen LogP) is 2.11.